The number of amidine groups is 1. The van der Waals surface area contributed by atoms with Crippen molar-refractivity contribution >= 4 is 39.2 Å². The first-order chi connectivity index (χ1) is 9.50. The molecule has 104 valence electrons. The van der Waals surface area contributed by atoms with Gasteiger partial charge in [0.15, 0.2) is 0 Å². The molecule has 0 spiro atoms. The zero-order chi connectivity index (χ0) is 14.7. The smallest absolute Gasteiger partial charge is 0.148 e. The topological polar surface area (TPSA) is 66.0 Å². The average molecular weight is 354 g/mol. The van der Waals surface area contributed by atoms with Gasteiger partial charge >= 0.3 is 0 Å². The van der Waals surface area contributed by atoms with E-state index < -0.39 is 0 Å². The van der Waals surface area contributed by atoms with Crippen molar-refractivity contribution in [3.8, 4) is 0 Å². The van der Waals surface area contributed by atoms with Crippen molar-refractivity contribution in [3.05, 3.63) is 57.2 Å². The van der Waals surface area contributed by atoms with Gasteiger partial charge in [-0.1, -0.05) is 45.7 Å². The van der Waals surface area contributed by atoms with Crippen LogP contribution in [0.3, 0.4) is 0 Å². The molecule has 0 atom stereocenters. The number of anilines is 1. The second-order valence-corrected chi connectivity index (χ2v) is 5.59. The number of hydrogen-bond acceptors (Lipinski definition) is 3. The van der Waals surface area contributed by atoms with E-state index in [0.717, 1.165) is 10.0 Å². The first-order valence-electron chi connectivity index (χ1n) is 5.94. The fourth-order valence-corrected chi connectivity index (χ4v) is 2.63. The third kappa shape index (κ3) is 3.11. The normalized spacial score (nSPS) is 10.3. The molecule has 4 nitrogen and oxygen atoms in total. The molecule has 3 N–H and O–H groups in total. The van der Waals surface area contributed by atoms with Gasteiger partial charge in [0.1, 0.15) is 11.7 Å². The van der Waals surface area contributed by atoms with Crippen molar-refractivity contribution in [3.63, 3.8) is 0 Å². The van der Waals surface area contributed by atoms with E-state index in [1.54, 1.807) is 12.3 Å². The van der Waals surface area contributed by atoms with Crippen molar-refractivity contribution in [2.24, 2.45) is 5.73 Å². The van der Waals surface area contributed by atoms with Crippen molar-refractivity contribution in [1.29, 1.82) is 5.41 Å². The van der Waals surface area contributed by atoms with Crippen LogP contribution in [0.1, 0.15) is 11.1 Å². The Balaban J connectivity index is 2.30. The summed E-state index contributed by atoms with van der Waals surface area (Å²) in [5, 5.41) is 7.91. The molecule has 1 aromatic heterocycles. The summed E-state index contributed by atoms with van der Waals surface area (Å²) in [5.41, 5.74) is 7.13. The highest BCUT2D eigenvalue weighted by atomic mass is 79.9. The van der Waals surface area contributed by atoms with Gasteiger partial charge in [-0.2, -0.15) is 0 Å². The van der Waals surface area contributed by atoms with Crippen LogP contribution in [-0.4, -0.2) is 17.9 Å². The van der Waals surface area contributed by atoms with Gasteiger partial charge in [-0.3, -0.25) is 5.41 Å². The van der Waals surface area contributed by atoms with Crippen LogP contribution < -0.4 is 10.6 Å². The van der Waals surface area contributed by atoms with Gasteiger partial charge in [-0.05, 0) is 17.7 Å². The lowest BCUT2D eigenvalue weighted by atomic mass is 10.2. The highest BCUT2D eigenvalue weighted by molar-refractivity contribution is 9.10. The fraction of sp³-hybridized carbons (Fsp3) is 0.143. The lowest BCUT2D eigenvalue weighted by molar-refractivity contribution is 0.894. The van der Waals surface area contributed by atoms with Gasteiger partial charge in [-0.15, -0.1) is 0 Å². The molecule has 6 heteroatoms. The fourth-order valence-electron chi connectivity index (χ4n) is 1.86. The van der Waals surface area contributed by atoms with Crippen molar-refractivity contribution in [2.75, 3.05) is 11.9 Å². The Labute approximate surface area is 131 Å². The Bertz CT molecular complexity index is 645. The van der Waals surface area contributed by atoms with Gasteiger partial charge in [0, 0.05) is 29.8 Å². The maximum absolute atomic E-state index is 7.51. The molecule has 0 amide bonds. The van der Waals surface area contributed by atoms with E-state index in [1.807, 2.05) is 36.2 Å². The molecule has 1 heterocycles. The van der Waals surface area contributed by atoms with Crippen LogP contribution in [0.2, 0.25) is 5.02 Å². The Morgan fingerprint density at radius 1 is 1.40 bits per heavy atom. The van der Waals surface area contributed by atoms with E-state index in [4.69, 9.17) is 22.7 Å². The van der Waals surface area contributed by atoms with Crippen LogP contribution >= 0.6 is 27.5 Å². The second kappa shape index (κ2) is 6.24. The largest absolute Gasteiger partial charge is 0.384 e. The van der Waals surface area contributed by atoms with Gasteiger partial charge in [0.25, 0.3) is 0 Å². The minimum Gasteiger partial charge on any atom is -0.384 e. The molecule has 0 radical (unpaired) electrons. The maximum atomic E-state index is 7.51. The number of nitrogens with two attached hydrogens (primary N) is 1. The molecular formula is C14H14BrClN4. The highest BCUT2D eigenvalue weighted by Gasteiger charge is 2.14. The summed E-state index contributed by atoms with van der Waals surface area (Å²) < 4.78 is 1.03. The molecule has 2 aromatic rings. The zero-order valence-electron chi connectivity index (χ0n) is 10.9. The SMILES string of the molecule is CN(Cc1ccccc1Br)c1nccc(C(=N)N)c1Cl. The standard InChI is InChI=1S/C14H14BrClN4/c1-20(8-9-4-2-3-5-11(9)15)14-12(16)10(13(17)18)6-7-19-14/h2-7H,8H2,1H3,(H3,17,18). The summed E-state index contributed by atoms with van der Waals surface area (Å²) in [6, 6.07) is 9.61. The number of halogens is 2. The Hall–Kier alpha value is -1.59. The number of nitrogen functional groups attached to an aromatic ring is 1. The van der Waals surface area contributed by atoms with Crippen LogP contribution in [0.25, 0.3) is 0 Å². The Morgan fingerprint density at radius 3 is 2.75 bits per heavy atom. The lowest BCUT2D eigenvalue weighted by Crippen LogP contribution is -2.20. The first kappa shape index (κ1) is 14.8. The molecule has 0 fully saturated rings. The average Bonchev–Trinajstić information content (AvgIpc) is 2.41. The molecule has 0 bridgehead atoms. The predicted octanol–water partition coefficient (Wildman–Crippen LogP) is 3.42. The Morgan fingerprint density at radius 2 is 2.10 bits per heavy atom. The molecule has 0 saturated carbocycles. The number of rotatable bonds is 4. The van der Waals surface area contributed by atoms with Crippen LogP contribution in [0.4, 0.5) is 5.82 Å². The molecule has 20 heavy (non-hydrogen) atoms. The zero-order valence-corrected chi connectivity index (χ0v) is 13.2. The summed E-state index contributed by atoms with van der Waals surface area (Å²) in [7, 11) is 1.90. The van der Waals surface area contributed by atoms with E-state index in [-0.39, 0.29) is 5.84 Å². The van der Waals surface area contributed by atoms with E-state index in [1.165, 1.54) is 0 Å². The summed E-state index contributed by atoms with van der Waals surface area (Å²) in [5.74, 6) is 0.545. The predicted molar refractivity (Wildman–Crippen MR) is 86.5 cm³/mol. The minimum atomic E-state index is -0.0621. The summed E-state index contributed by atoms with van der Waals surface area (Å²) >= 11 is 9.79. The van der Waals surface area contributed by atoms with E-state index in [2.05, 4.69) is 20.9 Å². The summed E-state index contributed by atoms with van der Waals surface area (Å²) in [4.78, 5) is 6.20. The van der Waals surface area contributed by atoms with E-state index in [0.29, 0.717) is 22.9 Å². The van der Waals surface area contributed by atoms with E-state index >= 15 is 0 Å². The maximum Gasteiger partial charge on any atom is 0.148 e. The molecular weight excluding hydrogens is 340 g/mol. The highest BCUT2D eigenvalue weighted by Crippen LogP contribution is 2.28. The molecule has 2 rings (SSSR count). The molecule has 0 aliphatic heterocycles. The molecule has 0 unspecified atom stereocenters. The summed E-state index contributed by atoms with van der Waals surface area (Å²) in [6.45, 7) is 0.648. The summed E-state index contributed by atoms with van der Waals surface area (Å²) in [6.07, 6.45) is 1.61. The monoisotopic (exact) mass is 352 g/mol. The lowest BCUT2D eigenvalue weighted by Gasteiger charge is -2.21. The van der Waals surface area contributed by atoms with Crippen LogP contribution in [-0.2, 0) is 6.54 Å². The molecule has 0 aliphatic rings. The third-order valence-electron chi connectivity index (χ3n) is 2.89. The molecule has 0 saturated heterocycles. The number of benzene rings is 1. The number of pyridine rings is 1. The second-order valence-electron chi connectivity index (χ2n) is 4.36. The number of nitrogens with zero attached hydrogens (tertiary/aromatic N) is 2. The van der Waals surface area contributed by atoms with Gasteiger partial charge < -0.3 is 10.6 Å². The van der Waals surface area contributed by atoms with Gasteiger partial charge in [0.2, 0.25) is 0 Å². The van der Waals surface area contributed by atoms with Crippen LogP contribution in [0, 0.1) is 5.41 Å². The van der Waals surface area contributed by atoms with Gasteiger partial charge in [-0.25, -0.2) is 4.98 Å². The van der Waals surface area contributed by atoms with Crippen molar-refractivity contribution < 1.29 is 0 Å². The minimum absolute atomic E-state index is 0.0621. The van der Waals surface area contributed by atoms with Crippen LogP contribution in [0.5, 0.6) is 0 Å². The molecule has 1 aromatic carbocycles. The third-order valence-corrected chi connectivity index (χ3v) is 4.03. The first-order valence-corrected chi connectivity index (χ1v) is 7.11. The van der Waals surface area contributed by atoms with Crippen molar-refractivity contribution in [2.45, 2.75) is 6.54 Å². The number of hydrogen-bond donors (Lipinski definition) is 2. The quantitative estimate of drug-likeness (QED) is 0.654. The van der Waals surface area contributed by atoms with Crippen molar-refractivity contribution in [1.82, 2.24) is 4.98 Å². The number of nitrogens with one attached hydrogen (secondary N) is 1. The molecule has 0 aliphatic carbocycles. The number of aromatic nitrogens is 1. The Kier molecular flexibility index (Phi) is 4.62. The van der Waals surface area contributed by atoms with Crippen LogP contribution in [0.15, 0.2) is 41.0 Å². The van der Waals surface area contributed by atoms with Gasteiger partial charge in [0.05, 0.1) is 5.02 Å². The van der Waals surface area contributed by atoms with E-state index in [9.17, 15) is 0 Å².